The highest BCUT2D eigenvalue weighted by Crippen LogP contribution is 2.13. The van der Waals surface area contributed by atoms with Gasteiger partial charge in [-0.05, 0) is 19.8 Å². The zero-order valence-electron chi connectivity index (χ0n) is 5.39. The fraction of sp³-hybridized carbons (Fsp3) is 0.833. The normalized spacial score (nSPS) is 18.8. The topological polar surface area (TPSA) is 40.5 Å². The second-order valence-electron chi connectivity index (χ2n) is 2.42. The van der Waals surface area contributed by atoms with Gasteiger partial charge in [-0.3, -0.25) is 0 Å². The molecule has 0 aromatic rings. The summed E-state index contributed by atoms with van der Waals surface area (Å²) >= 11 is 0. The zero-order valence-corrected chi connectivity index (χ0v) is 5.39. The number of hydrogen-bond acceptors (Lipinski definition) is 2. The predicted molar refractivity (Wildman–Crippen MR) is 32.2 cm³/mol. The first kappa shape index (κ1) is 7.92. The van der Waals surface area contributed by atoms with Crippen molar-refractivity contribution in [1.29, 1.82) is 0 Å². The molecule has 0 aliphatic heterocycles. The number of rotatable bonds is 2. The van der Waals surface area contributed by atoms with Crippen LogP contribution in [0, 0.1) is 12.8 Å². The molecule has 0 saturated carbocycles. The second-order valence-corrected chi connectivity index (χ2v) is 2.42. The minimum atomic E-state index is -1.01. The van der Waals surface area contributed by atoms with Gasteiger partial charge in [-0.2, -0.15) is 0 Å². The predicted octanol–water partition coefficient (Wildman–Crippen LogP) is 0.200. The molecule has 0 aromatic carbocycles. The number of aliphatic hydroxyl groups excluding tert-OH is 1. The van der Waals surface area contributed by atoms with E-state index in [1.54, 1.807) is 13.8 Å². The molecule has 0 aliphatic carbocycles. The minimum Gasteiger partial charge on any atom is -0.393 e. The van der Waals surface area contributed by atoms with Crippen LogP contribution in [0.2, 0.25) is 0 Å². The molecule has 2 nitrogen and oxygen atoms in total. The molecule has 2 N–H and O–H groups in total. The van der Waals surface area contributed by atoms with Gasteiger partial charge >= 0.3 is 0 Å². The highest BCUT2D eigenvalue weighted by Gasteiger charge is 2.22. The Morgan fingerprint density at radius 3 is 2.12 bits per heavy atom. The average Bonchev–Trinajstić information content (AvgIpc) is 1.67. The largest absolute Gasteiger partial charge is 0.393 e. The molecule has 0 saturated heterocycles. The van der Waals surface area contributed by atoms with Crippen LogP contribution in [0.3, 0.4) is 0 Å². The third kappa shape index (κ3) is 1.80. The van der Waals surface area contributed by atoms with Crippen LogP contribution in [-0.2, 0) is 0 Å². The van der Waals surface area contributed by atoms with Crippen LogP contribution in [0.4, 0.5) is 0 Å². The summed E-state index contributed by atoms with van der Waals surface area (Å²) in [5.74, 6) is -0.132. The molecule has 0 bridgehead atoms. The standard InChI is InChI=1S/C6H13O2/c1-5(2)6(3,8)4-7/h5,7-8H,1,4H2,2-3H3. The summed E-state index contributed by atoms with van der Waals surface area (Å²) in [4.78, 5) is 0. The SMILES string of the molecule is [CH2]C(C)C(C)(O)CO. The van der Waals surface area contributed by atoms with Crippen molar-refractivity contribution in [3.05, 3.63) is 6.92 Å². The molecule has 0 spiro atoms. The Morgan fingerprint density at radius 1 is 1.75 bits per heavy atom. The van der Waals surface area contributed by atoms with Gasteiger partial charge in [0.1, 0.15) is 0 Å². The van der Waals surface area contributed by atoms with Crippen molar-refractivity contribution in [1.82, 2.24) is 0 Å². The van der Waals surface area contributed by atoms with Crippen molar-refractivity contribution in [2.45, 2.75) is 19.4 Å². The van der Waals surface area contributed by atoms with Crippen molar-refractivity contribution in [2.75, 3.05) is 6.61 Å². The lowest BCUT2D eigenvalue weighted by molar-refractivity contribution is -0.0272. The van der Waals surface area contributed by atoms with Crippen LogP contribution in [0.5, 0.6) is 0 Å². The van der Waals surface area contributed by atoms with E-state index in [0.717, 1.165) is 0 Å². The molecule has 0 amide bonds. The van der Waals surface area contributed by atoms with Crippen molar-refractivity contribution in [2.24, 2.45) is 5.92 Å². The lowest BCUT2D eigenvalue weighted by Gasteiger charge is -2.24. The Bertz CT molecular complexity index is 66.9. The molecule has 0 fully saturated rings. The monoisotopic (exact) mass is 117 g/mol. The van der Waals surface area contributed by atoms with E-state index >= 15 is 0 Å². The maximum absolute atomic E-state index is 9.09. The Kier molecular flexibility index (Phi) is 2.44. The van der Waals surface area contributed by atoms with Gasteiger partial charge in [-0.15, -0.1) is 0 Å². The summed E-state index contributed by atoms with van der Waals surface area (Å²) in [5, 5.41) is 17.6. The van der Waals surface area contributed by atoms with Crippen LogP contribution in [0.15, 0.2) is 0 Å². The van der Waals surface area contributed by atoms with Crippen LogP contribution < -0.4 is 0 Å². The van der Waals surface area contributed by atoms with Gasteiger partial charge < -0.3 is 10.2 Å². The van der Waals surface area contributed by atoms with Crippen molar-refractivity contribution in [3.8, 4) is 0 Å². The molecule has 2 heteroatoms. The van der Waals surface area contributed by atoms with Gasteiger partial charge in [-0.25, -0.2) is 0 Å². The maximum atomic E-state index is 9.09. The lowest BCUT2D eigenvalue weighted by atomic mass is 9.94. The second kappa shape index (κ2) is 2.46. The molecule has 1 radical (unpaired) electrons. The molecular formula is C6H13O2. The van der Waals surface area contributed by atoms with E-state index in [0.29, 0.717) is 0 Å². The molecule has 0 aromatic heterocycles. The average molecular weight is 117 g/mol. The van der Waals surface area contributed by atoms with Crippen LogP contribution in [-0.4, -0.2) is 22.4 Å². The third-order valence-electron chi connectivity index (χ3n) is 1.38. The number of aliphatic hydroxyl groups is 2. The zero-order chi connectivity index (χ0) is 6.78. The lowest BCUT2D eigenvalue weighted by Crippen LogP contribution is -2.35. The van der Waals surface area contributed by atoms with Gasteiger partial charge in [-0.1, -0.05) is 6.92 Å². The highest BCUT2D eigenvalue weighted by atomic mass is 16.3. The van der Waals surface area contributed by atoms with Gasteiger partial charge in [0.15, 0.2) is 0 Å². The van der Waals surface area contributed by atoms with E-state index in [4.69, 9.17) is 10.2 Å². The Morgan fingerprint density at radius 2 is 2.12 bits per heavy atom. The smallest absolute Gasteiger partial charge is 0.0874 e. The van der Waals surface area contributed by atoms with Gasteiger partial charge in [0.05, 0.1) is 12.2 Å². The van der Waals surface area contributed by atoms with E-state index in [-0.39, 0.29) is 12.5 Å². The summed E-state index contributed by atoms with van der Waals surface area (Å²) in [6, 6.07) is 0. The molecular weight excluding hydrogens is 104 g/mol. The third-order valence-corrected chi connectivity index (χ3v) is 1.38. The fourth-order valence-corrected chi connectivity index (χ4v) is 0.156. The van der Waals surface area contributed by atoms with Crippen molar-refractivity contribution in [3.63, 3.8) is 0 Å². The van der Waals surface area contributed by atoms with E-state index in [2.05, 4.69) is 6.92 Å². The van der Waals surface area contributed by atoms with Crippen molar-refractivity contribution >= 4 is 0 Å². The molecule has 49 valence electrons. The van der Waals surface area contributed by atoms with Crippen LogP contribution in [0.1, 0.15) is 13.8 Å². The van der Waals surface area contributed by atoms with Crippen LogP contribution in [0.25, 0.3) is 0 Å². The summed E-state index contributed by atoms with van der Waals surface area (Å²) in [6.07, 6.45) is 0. The Balaban J connectivity index is 3.71. The quantitative estimate of drug-likeness (QED) is 0.542. The first-order valence-corrected chi connectivity index (χ1v) is 2.67. The first-order valence-electron chi connectivity index (χ1n) is 2.67. The first-order chi connectivity index (χ1) is 3.50. The Labute approximate surface area is 50.2 Å². The Hall–Kier alpha value is -0.0800. The summed E-state index contributed by atoms with van der Waals surface area (Å²) in [7, 11) is 0. The van der Waals surface area contributed by atoms with Gasteiger partial charge in [0.25, 0.3) is 0 Å². The van der Waals surface area contributed by atoms with E-state index in [1.807, 2.05) is 0 Å². The van der Waals surface area contributed by atoms with Gasteiger partial charge in [0.2, 0.25) is 0 Å². The molecule has 0 heterocycles. The fourth-order valence-electron chi connectivity index (χ4n) is 0.156. The van der Waals surface area contributed by atoms with E-state index in [1.165, 1.54) is 0 Å². The molecule has 0 aliphatic rings. The molecule has 2 atom stereocenters. The number of hydrogen-bond donors (Lipinski definition) is 2. The highest BCUT2D eigenvalue weighted by molar-refractivity contribution is 4.78. The minimum absolute atomic E-state index is 0.132. The summed E-state index contributed by atoms with van der Waals surface area (Å²) in [5.41, 5.74) is -1.01. The molecule has 8 heavy (non-hydrogen) atoms. The molecule has 2 unspecified atom stereocenters. The van der Waals surface area contributed by atoms with E-state index in [9.17, 15) is 0 Å². The van der Waals surface area contributed by atoms with Crippen LogP contribution >= 0.6 is 0 Å². The summed E-state index contributed by atoms with van der Waals surface area (Å²) in [6.45, 7) is 6.67. The van der Waals surface area contributed by atoms with Gasteiger partial charge in [0, 0.05) is 0 Å². The van der Waals surface area contributed by atoms with Crippen molar-refractivity contribution < 1.29 is 10.2 Å². The summed E-state index contributed by atoms with van der Waals surface area (Å²) < 4.78 is 0. The maximum Gasteiger partial charge on any atom is 0.0874 e. The van der Waals surface area contributed by atoms with E-state index < -0.39 is 5.60 Å². The molecule has 0 rings (SSSR count).